The van der Waals surface area contributed by atoms with Gasteiger partial charge in [0.1, 0.15) is 23.0 Å². The summed E-state index contributed by atoms with van der Waals surface area (Å²) in [6, 6.07) is 8.36. The van der Waals surface area contributed by atoms with Crippen LogP contribution < -0.4 is 11.2 Å². The number of nitrogens with one attached hydrogen (secondary N) is 1. The summed E-state index contributed by atoms with van der Waals surface area (Å²) >= 11 is 3.06. The lowest BCUT2D eigenvalue weighted by atomic mass is 10.2. The number of nitrogens with zero attached hydrogens (tertiary/aromatic N) is 5. The highest BCUT2D eigenvalue weighted by Crippen LogP contribution is 2.37. The average Bonchev–Trinajstić information content (AvgIpc) is 3.45. The molecule has 4 heterocycles. The van der Waals surface area contributed by atoms with E-state index >= 15 is 0 Å². The van der Waals surface area contributed by atoms with E-state index in [-0.39, 0.29) is 5.82 Å². The van der Waals surface area contributed by atoms with Crippen molar-refractivity contribution in [2.24, 2.45) is 0 Å². The zero-order chi connectivity index (χ0) is 24.5. The molecule has 5 rings (SSSR count). The Hall–Kier alpha value is -3.31. The van der Waals surface area contributed by atoms with Crippen LogP contribution in [-0.2, 0) is 18.8 Å². The Bertz CT molecular complexity index is 1630. The first-order valence-corrected chi connectivity index (χ1v) is 13.2. The zero-order valence-electron chi connectivity index (χ0n) is 19.2. The van der Waals surface area contributed by atoms with Crippen molar-refractivity contribution >= 4 is 44.5 Å². The van der Waals surface area contributed by atoms with Crippen molar-refractivity contribution in [1.29, 1.82) is 0 Å². The second-order valence-corrected chi connectivity index (χ2v) is 10.0. The Morgan fingerprint density at radius 1 is 1.11 bits per heavy atom. The zero-order valence-corrected chi connectivity index (χ0v) is 20.9. The molecule has 35 heavy (non-hydrogen) atoms. The Morgan fingerprint density at radius 2 is 1.91 bits per heavy atom. The summed E-state index contributed by atoms with van der Waals surface area (Å²) < 4.78 is 17.7. The number of hydrogen-bond donors (Lipinski definition) is 1. The molecule has 0 aliphatic rings. The van der Waals surface area contributed by atoms with Gasteiger partial charge in [-0.1, -0.05) is 37.2 Å². The molecule has 1 aromatic carbocycles. The molecule has 0 aliphatic carbocycles. The third-order valence-corrected chi connectivity index (χ3v) is 8.06. The highest BCUT2D eigenvalue weighted by molar-refractivity contribution is 7.98. The number of unbranched alkanes of at least 4 members (excludes halogenated alkanes) is 1. The first-order chi connectivity index (χ1) is 17.0. The van der Waals surface area contributed by atoms with Crippen LogP contribution in [0.2, 0.25) is 0 Å². The Morgan fingerprint density at radius 3 is 2.66 bits per heavy atom. The van der Waals surface area contributed by atoms with E-state index in [2.05, 4.69) is 21.9 Å². The number of aromatic nitrogens is 6. The largest absolute Gasteiger partial charge is 0.330 e. The van der Waals surface area contributed by atoms with Gasteiger partial charge in [-0.2, -0.15) is 0 Å². The van der Waals surface area contributed by atoms with Gasteiger partial charge in [-0.3, -0.25) is 14.3 Å². The topological polar surface area (TPSA) is 98.5 Å². The first kappa shape index (κ1) is 23.4. The summed E-state index contributed by atoms with van der Waals surface area (Å²) in [6.07, 6.45) is 3.27. The molecule has 0 amide bonds. The monoisotopic (exact) mass is 510 g/mol. The van der Waals surface area contributed by atoms with Gasteiger partial charge in [-0.05, 0) is 37.1 Å². The molecule has 0 atom stereocenters. The van der Waals surface area contributed by atoms with Crippen LogP contribution in [-0.4, -0.2) is 29.1 Å². The maximum atomic E-state index is 13.3. The molecule has 0 bridgehead atoms. The molecule has 180 valence electrons. The van der Waals surface area contributed by atoms with Crippen molar-refractivity contribution in [2.45, 2.75) is 50.6 Å². The second-order valence-electron chi connectivity index (χ2n) is 8.01. The molecule has 0 aliphatic heterocycles. The van der Waals surface area contributed by atoms with Crippen LogP contribution in [0.1, 0.15) is 32.5 Å². The number of thiophene rings is 1. The van der Waals surface area contributed by atoms with E-state index in [4.69, 9.17) is 4.98 Å². The third kappa shape index (κ3) is 4.41. The molecule has 8 nitrogen and oxygen atoms in total. The number of thioether (sulfide) groups is 1. The summed E-state index contributed by atoms with van der Waals surface area (Å²) in [6.45, 7) is 5.06. The summed E-state index contributed by atoms with van der Waals surface area (Å²) in [5, 5.41) is 0.806. The number of halogens is 1. The molecule has 0 spiro atoms. The van der Waals surface area contributed by atoms with Crippen LogP contribution in [0, 0.1) is 5.82 Å². The fourth-order valence-corrected chi connectivity index (χ4v) is 6.16. The Balaban J connectivity index is 1.51. The molecule has 0 unspecified atom stereocenters. The lowest BCUT2D eigenvalue weighted by Gasteiger charge is -2.06. The van der Waals surface area contributed by atoms with Gasteiger partial charge in [0.05, 0.1) is 16.0 Å². The van der Waals surface area contributed by atoms with E-state index in [1.54, 1.807) is 28.0 Å². The third-order valence-electron chi connectivity index (χ3n) is 5.76. The molecule has 0 radical (unpaired) electrons. The fraction of sp³-hybridized carbons (Fsp3) is 0.292. The van der Waals surface area contributed by atoms with Crippen LogP contribution in [0.5, 0.6) is 0 Å². The van der Waals surface area contributed by atoms with Gasteiger partial charge in [-0.25, -0.2) is 24.1 Å². The molecule has 1 N–H and O–H groups in total. The summed E-state index contributed by atoms with van der Waals surface area (Å²) in [5.41, 5.74) is 1.73. The van der Waals surface area contributed by atoms with Crippen LogP contribution in [0.15, 0.2) is 51.3 Å². The lowest BCUT2D eigenvalue weighted by molar-refractivity contribution is 0.613. The minimum Gasteiger partial charge on any atom is -0.322 e. The second kappa shape index (κ2) is 9.74. The van der Waals surface area contributed by atoms with Crippen LogP contribution in [0.4, 0.5) is 4.39 Å². The molecule has 11 heteroatoms. The maximum Gasteiger partial charge on any atom is 0.330 e. The van der Waals surface area contributed by atoms with E-state index in [1.165, 1.54) is 30.2 Å². The van der Waals surface area contributed by atoms with Crippen molar-refractivity contribution in [2.75, 3.05) is 0 Å². The number of aromatic amines is 1. The maximum absolute atomic E-state index is 13.3. The number of aryl methyl sites for hydroxylation is 2. The average molecular weight is 511 g/mol. The standard InChI is InChI=1S/C24H23FN6O2S2/c1-3-5-10-31-21-19(22(32)29-24(31)33)30(4-2)18(28-21)12-34-23-20-16(26-13-27-23)11-17(35-20)14-6-8-15(25)9-7-14/h6-9,11,13H,3-5,10,12H2,1-2H3,(H,29,32,33). The molecule has 0 saturated carbocycles. The molecule has 5 aromatic rings. The molecule has 0 fully saturated rings. The highest BCUT2D eigenvalue weighted by Gasteiger charge is 2.19. The summed E-state index contributed by atoms with van der Waals surface area (Å²) in [5.74, 6) is 0.902. The molecule has 4 aromatic heterocycles. The van der Waals surface area contributed by atoms with E-state index in [0.29, 0.717) is 35.8 Å². The minimum atomic E-state index is -0.430. The van der Waals surface area contributed by atoms with Gasteiger partial charge < -0.3 is 4.57 Å². The molecular formula is C24H23FN6O2S2. The number of benzene rings is 1. The normalized spacial score (nSPS) is 11.6. The summed E-state index contributed by atoms with van der Waals surface area (Å²) in [4.78, 5) is 42.1. The number of rotatable bonds is 8. The van der Waals surface area contributed by atoms with E-state index in [9.17, 15) is 14.0 Å². The van der Waals surface area contributed by atoms with Gasteiger partial charge in [0, 0.05) is 18.0 Å². The van der Waals surface area contributed by atoms with Crippen molar-refractivity contribution in [3.05, 3.63) is 69.1 Å². The lowest BCUT2D eigenvalue weighted by Crippen LogP contribution is -2.31. The highest BCUT2D eigenvalue weighted by atomic mass is 32.2. The number of fused-ring (bicyclic) bond motifs is 2. The number of imidazole rings is 1. The van der Waals surface area contributed by atoms with E-state index < -0.39 is 11.2 Å². The smallest absolute Gasteiger partial charge is 0.322 e. The van der Waals surface area contributed by atoms with Gasteiger partial charge in [0.2, 0.25) is 0 Å². The first-order valence-electron chi connectivity index (χ1n) is 11.4. The molecule has 0 saturated heterocycles. The van der Waals surface area contributed by atoms with Crippen LogP contribution in [0.3, 0.4) is 0 Å². The predicted molar refractivity (Wildman–Crippen MR) is 138 cm³/mol. The van der Waals surface area contributed by atoms with Crippen molar-refractivity contribution in [3.8, 4) is 10.4 Å². The van der Waals surface area contributed by atoms with Gasteiger partial charge in [0.25, 0.3) is 5.56 Å². The van der Waals surface area contributed by atoms with Gasteiger partial charge >= 0.3 is 5.69 Å². The Kier molecular flexibility index (Phi) is 6.52. The summed E-state index contributed by atoms with van der Waals surface area (Å²) in [7, 11) is 0. The predicted octanol–water partition coefficient (Wildman–Crippen LogP) is 4.81. The number of H-pyrrole nitrogens is 1. The SMILES string of the molecule is CCCCn1c(=O)[nH]c(=O)c2c1nc(CSc1ncnc3cc(-c4ccc(F)cc4)sc13)n2CC. The van der Waals surface area contributed by atoms with Gasteiger partial charge in [-0.15, -0.1) is 11.3 Å². The molecular weight excluding hydrogens is 487 g/mol. The number of hydrogen-bond acceptors (Lipinski definition) is 7. The van der Waals surface area contributed by atoms with Crippen LogP contribution >= 0.6 is 23.1 Å². The van der Waals surface area contributed by atoms with Crippen molar-refractivity contribution in [1.82, 2.24) is 29.1 Å². The van der Waals surface area contributed by atoms with Crippen molar-refractivity contribution < 1.29 is 4.39 Å². The van der Waals surface area contributed by atoms with E-state index in [1.807, 2.05) is 17.6 Å². The Labute approximate surface area is 207 Å². The van der Waals surface area contributed by atoms with E-state index in [0.717, 1.165) is 38.5 Å². The van der Waals surface area contributed by atoms with Gasteiger partial charge in [0.15, 0.2) is 11.2 Å². The van der Waals surface area contributed by atoms with Crippen LogP contribution in [0.25, 0.3) is 31.8 Å². The van der Waals surface area contributed by atoms with Crippen molar-refractivity contribution in [3.63, 3.8) is 0 Å². The quantitative estimate of drug-likeness (QED) is 0.238. The fourth-order valence-electron chi connectivity index (χ4n) is 4.02. The minimum absolute atomic E-state index is 0.274.